The van der Waals surface area contributed by atoms with Gasteiger partial charge in [-0.15, -0.1) is 23.1 Å². The molecule has 0 saturated carbocycles. The summed E-state index contributed by atoms with van der Waals surface area (Å²) in [5.74, 6) is 1.66. The van der Waals surface area contributed by atoms with E-state index in [2.05, 4.69) is 10.3 Å². The number of carbonyl (C=O) groups is 1. The van der Waals surface area contributed by atoms with E-state index in [0.29, 0.717) is 18.1 Å². The maximum atomic E-state index is 13.0. The second kappa shape index (κ2) is 10.2. The van der Waals surface area contributed by atoms with E-state index in [1.54, 1.807) is 19.2 Å². The molecule has 146 valence electrons. The Bertz CT molecular complexity index is 896. The van der Waals surface area contributed by atoms with Gasteiger partial charge >= 0.3 is 0 Å². The number of ether oxygens (including phenoxy) is 1. The van der Waals surface area contributed by atoms with Crippen LogP contribution >= 0.6 is 23.1 Å². The number of hydrogen-bond donors (Lipinski definition) is 1. The Morgan fingerprint density at radius 1 is 1.18 bits per heavy atom. The van der Waals surface area contributed by atoms with Crippen LogP contribution in [0.15, 0.2) is 53.9 Å². The molecular weight excluding hydrogens is 395 g/mol. The number of hydrogen-bond acceptors (Lipinski definition) is 5. The van der Waals surface area contributed by atoms with Gasteiger partial charge in [0.15, 0.2) is 0 Å². The Morgan fingerprint density at radius 3 is 2.64 bits per heavy atom. The van der Waals surface area contributed by atoms with Crippen LogP contribution in [0.5, 0.6) is 5.75 Å². The monoisotopic (exact) mass is 416 g/mol. The van der Waals surface area contributed by atoms with Gasteiger partial charge in [0.05, 0.1) is 18.6 Å². The fourth-order valence-corrected chi connectivity index (χ4v) is 4.21. The van der Waals surface area contributed by atoms with E-state index in [9.17, 15) is 9.18 Å². The highest BCUT2D eigenvalue weighted by Gasteiger charge is 2.07. The lowest BCUT2D eigenvalue weighted by Crippen LogP contribution is -2.27. The molecule has 0 unspecified atom stereocenters. The first kappa shape index (κ1) is 20.4. The zero-order valence-corrected chi connectivity index (χ0v) is 17.1. The molecule has 4 nitrogen and oxygen atoms in total. The number of aromatic nitrogens is 1. The molecule has 28 heavy (non-hydrogen) atoms. The molecule has 0 fully saturated rings. The minimum atomic E-state index is -0.255. The van der Waals surface area contributed by atoms with E-state index in [1.807, 2.05) is 29.6 Å². The SMILES string of the molecule is COc1ccc(CCNC(=O)CSCc2csc(-c3ccc(F)cc3)n2)cc1. The summed E-state index contributed by atoms with van der Waals surface area (Å²) in [5, 5.41) is 5.78. The number of carbonyl (C=O) groups excluding carboxylic acids is 1. The third-order valence-corrected chi connectivity index (χ3v) is 5.93. The zero-order valence-electron chi connectivity index (χ0n) is 15.5. The van der Waals surface area contributed by atoms with Crippen molar-refractivity contribution in [2.45, 2.75) is 12.2 Å². The highest BCUT2D eigenvalue weighted by atomic mass is 32.2. The highest BCUT2D eigenvalue weighted by molar-refractivity contribution is 7.99. The lowest BCUT2D eigenvalue weighted by molar-refractivity contribution is -0.118. The van der Waals surface area contributed by atoms with E-state index >= 15 is 0 Å². The van der Waals surface area contributed by atoms with Crippen LogP contribution < -0.4 is 10.1 Å². The summed E-state index contributed by atoms with van der Waals surface area (Å²) < 4.78 is 18.1. The molecule has 0 aliphatic carbocycles. The molecular formula is C21H21FN2O2S2. The van der Waals surface area contributed by atoms with E-state index in [4.69, 9.17) is 4.74 Å². The van der Waals surface area contributed by atoms with Gasteiger partial charge < -0.3 is 10.1 Å². The van der Waals surface area contributed by atoms with Gasteiger partial charge in [-0.05, 0) is 48.4 Å². The third kappa shape index (κ3) is 6.07. The number of benzene rings is 2. The van der Waals surface area contributed by atoms with E-state index < -0.39 is 0 Å². The summed E-state index contributed by atoms with van der Waals surface area (Å²) in [4.78, 5) is 16.5. The van der Waals surface area contributed by atoms with Gasteiger partial charge in [0.1, 0.15) is 16.6 Å². The van der Waals surface area contributed by atoms with Crippen molar-refractivity contribution in [3.63, 3.8) is 0 Å². The van der Waals surface area contributed by atoms with Gasteiger partial charge in [-0.2, -0.15) is 0 Å². The maximum absolute atomic E-state index is 13.0. The molecule has 1 amide bonds. The number of nitrogens with one attached hydrogen (secondary N) is 1. The van der Waals surface area contributed by atoms with Crippen LogP contribution in [-0.4, -0.2) is 30.3 Å². The van der Waals surface area contributed by atoms with Crippen molar-refractivity contribution >= 4 is 29.0 Å². The van der Waals surface area contributed by atoms with Crippen molar-refractivity contribution in [2.24, 2.45) is 0 Å². The van der Waals surface area contributed by atoms with E-state index in [0.717, 1.165) is 34.0 Å². The first-order chi connectivity index (χ1) is 13.6. The quantitative estimate of drug-likeness (QED) is 0.556. The van der Waals surface area contributed by atoms with Crippen LogP contribution in [0.25, 0.3) is 10.6 Å². The predicted molar refractivity (Wildman–Crippen MR) is 113 cm³/mol. The molecule has 0 bridgehead atoms. The Morgan fingerprint density at radius 2 is 1.93 bits per heavy atom. The Kier molecular flexibility index (Phi) is 7.45. The number of methoxy groups -OCH3 is 1. The molecule has 7 heteroatoms. The minimum absolute atomic E-state index is 0.0208. The molecule has 1 aromatic heterocycles. The van der Waals surface area contributed by atoms with Crippen LogP contribution in [0.3, 0.4) is 0 Å². The van der Waals surface area contributed by atoms with Crippen molar-refractivity contribution in [3.8, 4) is 16.3 Å². The number of amides is 1. The summed E-state index contributed by atoms with van der Waals surface area (Å²) in [6, 6.07) is 14.1. The molecule has 0 spiro atoms. The van der Waals surface area contributed by atoms with Crippen molar-refractivity contribution in [1.29, 1.82) is 0 Å². The van der Waals surface area contributed by atoms with Gasteiger partial charge in [-0.3, -0.25) is 4.79 Å². The highest BCUT2D eigenvalue weighted by Crippen LogP contribution is 2.25. The first-order valence-electron chi connectivity index (χ1n) is 8.82. The molecule has 0 aliphatic rings. The molecule has 0 saturated heterocycles. The average Bonchev–Trinajstić information content (AvgIpc) is 3.18. The fraction of sp³-hybridized carbons (Fsp3) is 0.238. The largest absolute Gasteiger partial charge is 0.497 e. The lowest BCUT2D eigenvalue weighted by Gasteiger charge is -2.06. The van der Waals surface area contributed by atoms with Crippen LogP contribution in [0.2, 0.25) is 0 Å². The summed E-state index contributed by atoms with van der Waals surface area (Å²) >= 11 is 3.06. The molecule has 0 aliphatic heterocycles. The van der Waals surface area contributed by atoms with Gasteiger partial charge in [-0.25, -0.2) is 9.37 Å². The average molecular weight is 417 g/mol. The van der Waals surface area contributed by atoms with Crippen LogP contribution in [-0.2, 0) is 17.0 Å². The topological polar surface area (TPSA) is 51.2 Å². The lowest BCUT2D eigenvalue weighted by atomic mass is 10.1. The summed E-state index contributed by atoms with van der Waals surface area (Å²) in [7, 11) is 1.64. The molecule has 1 N–H and O–H groups in total. The molecule has 2 aromatic carbocycles. The summed E-state index contributed by atoms with van der Waals surface area (Å²) in [6.07, 6.45) is 0.785. The Hall–Kier alpha value is -2.38. The number of halogens is 1. The van der Waals surface area contributed by atoms with Gasteiger partial charge in [0, 0.05) is 23.2 Å². The third-order valence-electron chi connectivity index (χ3n) is 4.02. The van der Waals surface area contributed by atoms with E-state index in [1.165, 1.54) is 35.2 Å². The smallest absolute Gasteiger partial charge is 0.230 e. The van der Waals surface area contributed by atoms with Crippen LogP contribution in [0.4, 0.5) is 4.39 Å². The van der Waals surface area contributed by atoms with Crippen molar-refractivity contribution in [3.05, 3.63) is 71.0 Å². The second-order valence-corrected chi connectivity index (χ2v) is 7.94. The summed E-state index contributed by atoms with van der Waals surface area (Å²) in [5.41, 5.74) is 2.99. The van der Waals surface area contributed by atoms with Crippen LogP contribution in [0.1, 0.15) is 11.3 Å². The molecule has 3 rings (SSSR count). The molecule has 0 radical (unpaired) electrons. The number of rotatable bonds is 9. The molecule has 1 heterocycles. The minimum Gasteiger partial charge on any atom is -0.497 e. The summed E-state index contributed by atoms with van der Waals surface area (Å²) in [6.45, 7) is 0.608. The fourth-order valence-electron chi connectivity index (χ4n) is 2.54. The first-order valence-corrected chi connectivity index (χ1v) is 10.8. The van der Waals surface area contributed by atoms with Gasteiger partial charge in [-0.1, -0.05) is 12.1 Å². The van der Waals surface area contributed by atoms with E-state index in [-0.39, 0.29) is 11.7 Å². The predicted octanol–water partition coefficient (Wildman–Crippen LogP) is 4.55. The van der Waals surface area contributed by atoms with Crippen LogP contribution in [0, 0.1) is 5.82 Å². The Balaban J connectivity index is 1.36. The van der Waals surface area contributed by atoms with Gasteiger partial charge in [0.25, 0.3) is 0 Å². The normalized spacial score (nSPS) is 10.6. The maximum Gasteiger partial charge on any atom is 0.230 e. The second-order valence-electron chi connectivity index (χ2n) is 6.09. The van der Waals surface area contributed by atoms with Crippen molar-refractivity contribution in [1.82, 2.24) is 10.3 Å². The number of thiazole rings is 1. The number of thioether (sulfide) groups is 1. The van der Waals surface area contributed by atoms with Crippen molar-refractivity contribution in [2.75, 3.05) is 19.4 Å². The van der Waals surface area contributed by atoms with Gasteiger partial charge in [0.2, 0.25) is 5.91 Å². The van der Waals surface area contributed by atoms with Crippen molar-refractivity contribution < 1.29 is 13.9 Å². The number of nitrogens with zero attached hydrogens (tertiary/aromatic N) is 1. The molecule has 0 atom stereocenters. The Labute approximate surface area is 172 Å². The zero-order chi connectivity index (χ0) is 19.8. The standard InChI is InChI=1S/C21H21FN2O2S2/c1-26-19-8-2-15(3-9-19)10-11-23-20(25)14-27-12-18-13-28-21(24-18)16-4-6-17(22)7-5-16/h2-9,13H,10-12,14H2,1H3,(H,23,25). The molecule has 3 aromatic rings.